The molecular formula is C11H13Cl2N. The van der Waals surface area contributed by atoms with Crippen molar-refractivity contribution in [2.24, 2.45) is 0 Å². The van der Waals surface area contributed by atoms with Gasteiger partial charge in [0.2, 0.25) is 0 Å². The Morgan fingerprint density at radius 1 is 1.36 bits per heavy atom. The SMILES string of the molecule is CNC1(Cc2ccc(Cl)cc2Cl)CC1. The van der Waals surface area contributed by atoms with Gasteiger partial charge in [0.05, 0.1) is 0 Å². The molecule has 0 spiro atoms. The number of halogens is 2. The van der Waals surface area contributed by atoms with E-state index in [-0.39, 0.29) is 0 Å². The van der Waals surface area contributed by atoms with Gasteiger partial charge in [-0.1, -0.05) is 29.3 Å². The maximum Gasteiger partial charge on any atom is 0.0453 e. The maximum atomic E-state index is 6.11. The molecule has 76 valence electrons. The van der Waals surface area contributed by atoms with Crippen LogP contribution < -0.4 is 5.32 Å². The molecule has 2 rings (SSSR count). The average Bonchev–Trinajstić information content (AvgIpc) is 2.91. The van der Waals surface area contributed by atoms with Crippen molar-refractivity contribution >= 4 is 23.2 Å². The Bertz CT molecular complexity index is 345. The Balaban J connectivity index is 2.17. The van der Waals surface area contributed by atoms with Gasteiger partial charge >= 0.3 is 0 Å². The van der Waals surface area contributed by atoms with Crippen molar-refractivity contribution in [2.75, 3.05) is 7.05 Å². The minimum atomic E-state index is 0.303. The third-order valence-electron chi connectivity index (χ3n) is 2.93. The first-order valence-electron chi connectivity index (χ1n) is 4.78. The summed E-state index contributed by atoms with van der Waals surface area (Å²) < 4.78 is 0. The molecule has 14 heavy (non-hydrogen) atoms. The summed E-state index contributed by atoms with van der Waals surface area (Å²) in [6, 6.07) is 5.72. The van der Waals surface area contributed by atoms with Gasteiger partial charge < -0.3 is 5.32 Å². The van der Waals surface area contributed by atoms with E-state index in [0.717, 1.165) is 11.4 Å². The van der Waals surface area contributed by atoms with Gasteiger partial charge in [0.25, 0.3) is 0 Å². The number of hydrogen-bond acceptors (Lipinski definition) is 1. The van der Waals surface area contributed by atoms with Crippen molar-refractivity contribution in [3.63, 3.8) is 0 Å². The third kappa shape index (κ3) is 2.05. The van der Waals surface area contributed by atoms with Gasteiger partial charge in [-0.05, 0) is 44.0 Å². The van der Waals surface area contributed by atoms with E-state index in [1.165, 1.54) is 18.4 Å². The summed E-state index contributed by atoms with van der Waals surface area (Å²) in [6.45, 7) is 0. The van der Waals surface area contributed by atoms with Gasteiger partial charge in [0.15, 0.2) is 0 Å². The molecule has 3 heteroatoms. The molecule has 0 aromatic heterocycles. The first kappa shape index (κ1) is 10.3. The highest BCUT2D eigenvalue weighted by Crippen LogP contribution is 2.39. The first-order valence-corrected chi connectivity index (χ1v) is 5.54. The summed E-state index contributed by atoms with van der Waals surface area (Å²) in [7, 11) is 2.01. The highest BCUT2D eigenvalue weighted by Gasteiger charge is 2.41. The lowest BCUT2D eigenvalue weighted by Gasteiger charge is -2.14. The van der Waals surface area contributed by atoms with E-state index in [1.54, 1.807) is 0 Å². The van der Waals surface area contributed by atoms with E-state index in [9.17, 15) is 0 Å². The average molecular weight is 230 g/mol. The predicted molar refractivity (Wildman–Crippen MR) is 61.2 cm³/mol. The van der Waals surface area contributed by atoms with Gasteiger partial charge in [-0.3, -0.25) is 0 Å². The molecule has 1 aliphatic rings. The monoisotopic (exact) mass is 229 g/mol. The second kappa shape index (κ2) is 3.73. The smallest absolute Gasteiger partial charge is 0.0453 e. The Morgan fingerprint density at radius 2 is 2.07 bits per heavy atom. The molecular weight excluding hydrogens is 217 g/mol. The van der Waals surface area contributed by atoms with E-state index in [1.807, 2.05) is 25.2 Å². The van der Waals surface area contributed by atoms with Crippen LogP contribution >= 0.6 is 23.2 Å². The summed E-state index contributed by atoms with van der Waals surface area (Å²) >= 11 is 11.9. The highest BCUT2D eigenvalue weighted by atomic mass is 35.5. The summed E-state index contributed by atoms with van der Waals surface area (Å²) in [5.74, 6) is 0. The van der Waals surface area contributed by atoms with Crippen LogP contribution in [0.15, 0.2) is 18.2 Å². The van der Waals surface area contributed by atoms with Crippen LogP contribution in [-0.4, -0.2) is 12.6 Å². The van der Waals surface area contributed by atoms with Crippen LogP contribution in [-0.2, 0) is 6.42 Å². The molecule has 0 heterocycles. The van der Waals surface area contributed by atoms with E-state index in [4.69, 9.17) is 23.2 Å². The van der Waals surface area contributed by atoms with Crippen molar-refractivity contribution in [2.45, 2.75) is 24.8 Å². The Kier molecular flexibility index (Phi) is 2.74. The fraction of sp³-hybridized carbons (Fsp3) is 0.455. The van der Waals surface area contributed by atoms with Crippen LogP contribution in [0.1, 0.15) is 18.4 Å². The first-order chi connectivity index (χ1) is 6.65. The van der Waals surface area contributed by atoms with Crippen molar-refractivity contribution < 1.29 is 0 Å². The second-order valence-corrected chi connectivity index (χ2v) is 4.79. The van der Waals surface area contributed by atoms with Crippen LogP contribution in [0.2, 0.25) is 10.0 Å². The third-order valence-corrected chi connectivity index (χ3v) is 3.51. The van der Waals surface area contributed by atoms with Crippen LogP contribution in [0.3, 0.4) is 0 Å². The topological polar surface area (TPSA) is 12.0 Å². The van der Waals surface area contributed by atoms with Crippen molar-refractivity contribution in [1.82, 2.24) is 5.32 Å². The molecule has 1 N–H and O–H groups in total. The number of benzene rings is 1. The van der Waals surface area contributed by atoms with Crippen LogP contribution in [0, 0.1) is 0 Å². The zero-order valence-corrected chi connectivity index (χ0v) is 9.62. The standard InChI is InChI=1S/C11H13Cl2N/c1-14-11(4-5-11)7-8-2-3-9(12)6-10(8)13/h2-3,6,14H,4-5,7H2,1H3. The molecule has 0 aliphatic heterocycles. The predicted octanol–water partition coefficient (Wildman–Crippen LogP) is 3.29. The molecule has 1 aromatic carbocycles. The van der Waals surface area contributed by atoms with Crippen LogP contribution in [0.5, 0.6) is 0 Å². The fourth-order valence-corrected chi connectivity index (χ4v) is 2.17. The molecule has 0 bridgehead atoms. The van der Waals surface area contributed by atoms with Crippen molar-refractivity contribution in [3.8, 4) is 0 Å². The van der Waals surface area contributed by atoms with E-state index in [0.29, 0.717) is 10.6 Å². The van der Waals surface area contributed by atoms with Crippen LogP contribution in [0.25, 0.3) is 0 Å². The Morgan fingerprint density at radius 3 is 2.57 bits per heavy atom. The van der Waals surface area contributed by atoms with E-state index >= 15 is 0 Å². The minimum absolute atomic E-state index is 0.303. The lowest BCUT2D eigenvalue weighted by atomic mass is 10.0. The Hall–Kier alpha value is -0.240. The molecule has 0 atom stereocenters. The quantitative estimate of drug-likeness (QED) is 0.840. The number of nitrogens with one attached hydrogen (secondary N) is 1. The summed E-state index contributed by atoms with van der Waals surface area (Å²) in [5.41, 5.74) is 1.49. The number of likely N-dealkylation sites (N-methyl/N-ethyl adjacent to an activating group) is 1. The number of rotatable bonds is 3. The molecule has 0 amide bonds. The number of hydrogen-bond donors (Lipinski definition) is 1. The minimum Gasteiger partial charge on any atom is -0.314 e. The molecule has 0 saturated heterocycles. The lowest BCUT2D eigenvalue weighted by Crippen LogP contribution is -2.29. The molecule has 1 fully saturated rings. The van der Waals surface area contributed by atoms with Gasteiger partial charge in [-0.25, -0.2) is 0 Å². The van der Waals surface area contributed by atoms with E-state index < -0.39 is 0 Å². The molecule has 0 radical (unpaired) electrons. The summed E-state index contributed by atoms with van der Waals surface area (Å²) in [4.78, 5) is 0. The largest absolute Gasteiger partial charge is 0.314 e. The molecule has 1 aliphatic carbocycles. The van der Waals surface area contributed by atoms with Crippen molar-refractivity contribution in [3.05, 3.63) is 33.8 Å². The summed E-state index contributed by atoms with van der Waals surface area (Å²) in [6.07, 6.45) is 3.48. The maximum absolute atomic E-state index is 6.11. The highest BCUT2D eigenvalue weighted by molar-refractivity contribution is 6.35. The van der Waals surface area contributed by atoms with Crippen LogP contribution in [0.4, 0.5) is 0 Å². The fourth-order valence-electron chi connectivity index (χ4n) is 1.70. The normalized spacial score (nSPS) is 18.2. The van der Waals surface area contributed by atoms with Gasteiger partial charge in [0, 0.05) is 15.6 Å². The molecule has 1 nitrogen and oxygen atoms in total. The summed E-state index contributed by atoms with van der Waals surface area (Å²) in [5, 5.41) is 4.83. The van der Waals surface area contributed by atoms with Gasteiger partial charge in [0.1, 0.15) is 0 Å². The zero-order valence-electron chi connectivity index (χ0n) is 8.11. The molecule has 1 aromatic rings. The van der Waals surface area contributed by atoms with E-state index in [2.05, 4.69) is 5.32 Å². The van der Waals surface area contributed by atoms with Crippen molar-refractivity contribution in [1.29, 1.82) is 0 Å². The molecule has 1 saturated carbocycles. The second-order valence-electron chi connectivity index (χ2n) is 3.94. The van der Waals surface area contributed by atoms with Gasteiger partial charge in [-0.15, -0.1) is 0 Å². The zero-order chi connectivity index (χ0) is 10.2. The molecule has 0 unspecified atom stereocenters. The van der Waals surface area contributed by atoms with Gasteiger partial charge in [-0.2, -0.15) is 0 Å². The Labute approximate surface area is 94.4 Å². The lowest BCUT2D eigenvalue weighted by molar-refractivity contribution is 0.549.